The number of allylic oxidation sites excluding steroid dienone is 1. The number of urea groups is 1. The molecule has 2 aliphatic heterocycles. The van der Waals surface area contributed by atoms with E-state index in [1.807, 2.05) is 24.3 Å². The van der Waals surface area contributed by atoms with Crippen LogP contribution in [0, 0.1) is 0 Å². The first-order chi connectivity index (χ1) is 13.5. The van der Waals surface area contributed by atoms with Gasteiger partial charge in [-0.05, 0) is 51.3 Å². The van der Waals surface area contributed by atoms with E-state index in [0.717, 1.165) is 37.2 Å². The average Bonchev–Trinajstić information content (AvgIpc) is 3.21. The van der Waals surface area contributed by atoms with Crippen LogP contribution in [0.25, 0.3) is 0 Å². The Morgan fingerprint density at radius 3 is 2.57 bits per heavy atom. The SMILES string of the molecule is CCN(CC)c1ccc([C@H]2NC(=O)NC(C)=C2C(=O)OC[C@H]2CCCO2)cc1. The molecule has 3 rings (SSSR count). The van der Waals surface area contributed by atoms with E-state index < -0.39 is 12.0 Å². The van der Waals surface area contributed by atoms with Crippen LogP contribution in [0.5, 0.6) is 0 Å². The molecule has 2 aliphatic rings. The van der Waals surface area contributed by atoms with Crippen molar-refractivity contribution in [2.24, 2.45) is 0 Å². The number of benzene rings is 1. The summed E-state index contributed by atoms with van der Waals surface area (Å²) >= 11 is 0. The van der Waals surface area contributed by atoms with Gasteiger partial charge >= 0.3 is 12.0 Å². The third kappa shape index (κ3) is 4.47. The van der Waals surface area contributed by atoms with Gasteiger partial charge in [0.2, 0.25) is 0 Å². The molecular weight excluding hydrogens is 358 g/mol. The Hall–Kier alpha value is -2.54. The molecule has 0 aromatic heterocycles. The van der Waals surface area contributed by atoms with Crippen LogP contribution in [-0.2, 0) is 14.3 Å². The summed E-state index contributed by atoms with van der Waals surface area (Å²) in [4.78, 5) is 27.1. The summed E-state index contributed by atoms with van der Waals surface area (Å²) in [7, 11) is 0. The van der Waals surface area contributed by atoms with Gasteiger partial charge in [-0.1, -0.05) is 12.1 Å². The number of esters is 1. The zero-order chi connectivity index (χ0) is 20.1. The summed E-state index contributed by atoms with van der Waals surface area (Å²) in [6, 6.07) is 7.06. The lowest BCUT2D eigenvalue weighted by atomic mass is 9.95. The number of hydrogen-bond acceptors (Lipinski definition) is 5. The minimum Gasteiger partial charge on any atom is -0.459 e. The summed E-state index contributed by atoms with van der Waals surface area (Å²) in [5.74, 6) is -0.432. The van der Waals surface area contributed by atoms with Crippen LogP contribution in [-0.4, -0.2) is 44.4 Å². The molecule has 0 aliphatic carbocycles. The lowest BCUT2D eigenvalue weighted by Crippen LogP contribution is -2.45. The van der Waals surface area contributed by atoms with Gasteiger partial charge in [-0.2, -0.15) is 0 Å². The standard InChI is InChI=1S/C21H29N3O4/c1-4-24(5-2)16-10-8-15(9-11-16)19-18(14(3)22-21(26)23-19)20(25)28-13-17-7-6-12-27-17/h8-11,17,19H,4-7,12-13H2,1-3H3,(H2,22,23,26)/t17-,19-/m1/s1. The molecule has 7 nitrogen and oxygen atoms in total. The Bertz CT molecular complexity index is 735. The number of carbonyl (C=O) groups excluding carboxylic acids is 2. The van der Waals surface area contributed by atoms with Crippen molar-refractivity contribution in [3.8, 4) is 0 Å². The van der Waals surface area contributed by atoms with Crippen molar-refractivity contribution in [1.29, 1.82) is 0 Å². The zero-order valence-electron chi connectivity index (χ0n) is 16.8. The lowest BCUT2D eigenvalue weighted by Gasteiger charge is -2.29. The molecule has 1 fully saturated rings. The van der Waals surface area contributed by atoms with Crippen LogP contribution in [0.3, 0.4) is 0 Å². The molecule has 1 saturated heterocycles. The normalized spacial score (nSPS) is 21.9. The van der Waals surface area contributed by atoms with Gasteiger partial charge in [0.15, 0.2) is 0 Å². The van der Waals surface area contributed by atoms with Gasteiger partial charge in [0.05, 0.1) is 17.7 Å². The van der Waals surface area contributed by atoms with Gasteiger partial charge in [-0.25, -0.2) is 9.59 Å². The number of nitrogens with zero attached hydrogens (tertiary/aromatic N) is 1. The number of anilines is 1. The summed E-state index contributed by atoms with van der Waals surface area (Å²) in [5, 5.41) is 5.52. The summed E-state index contributed by atoms with van der Waals surface area (Å²) in [6.07, 6.45) is 1.85. The molecule has 28 heavy (non-hydrogen) atoms. The lowest BCUT2D eigenvalue weighted by molar-refractivity contribution is -0.142. The Labute approximate surface area is 166 Å². The van der Waals surface area contributed by atoms with Crippen molar-refractivity contribution in [2.45, 2.75) is 45.8 Å². The third-order valence-corrected chi connectivity index (χ3v) is 5.27. The van der Waals surface area contributed by atoms with Crippen LogP contribution in [0.15, 0.2) is 35.5 Å². The maximum atomic E-state index is 12.8. The van der Waals surface area contributed by atoms with Crippen molar-refractivity contribution in [2.75, 3.05) is 31.2 Å². The molecule has 2 N–H and O–H groups in total. The Kier molecular flexibility index (Phi) is 6.57. The van der Waals surface area contributed by atoms with Gasteiger partial charge in [0, 0.05) is 31.1 Å². The molecule has 1 aromatic carbocycles. The fourth-order valence-corrected chi connectivity index (χ4v) is 3.70. The van der Waals surface area contributed by atoms with E-state index in [9.17, 15) is 9.59 Å². The Balaban J connectivity index is 1.79. The third-order valence-electron chi connectivity index (χ3n) is 5.27. The molecule has 152 valence electrons. The highest BCUT2D eigenvalue weighted by Crippen LogP contribution is 2.29. The number of ether oxygens (including phenoxy) is 2. The zero-order valence-corrected chi connectivity index (χ0v) is 16.8. The topological polar surface area (TPSA) is 79.9 Å². The van der Waals surface area contributed by atoms with Gasteiger partial charge in [-0.3, -0.25) is 0 Å². The molecule has 2 heterocycles. The van der Waals surface area contributed by atoms with E-state index in [2.05, 4.69) is 29.4 Å². The van der Waals surface area contributed by atoms with Gasteiger partial charge in [0.25, 0.3) is 0 Å². The van der Waals surface area contributed by atoms with Gasteiger partial charge < -0.3 is 25.0 Å². The highest BCUT2D eigenvalue weighted by atomic mass is 16.6. The minimum atomic E-state index is -0.545. The average molecular weight is 387 g/mol. The maximum Gasteiger partial charge on any atom is 0.338 e. The first-order valence-corrected chi connectivity index (χ1v) is 9.95. The van der Waals surface area contributed by atoms with Crippen LogP contribution in [0.4, 0.5) is 10.5 Å². The van der Waals surface area contributed by atoms with E-state index in [1.54, 1.807) is 6.92 Å². The quantitative estimate of drug-likeness (QED) is 0.704. The molecule has 0 saturated carbocycles. The van der Waals surface area contributed by atoms with Crippen LogP contribution in [0.1, 0.15) is 45.2 Å². The van der Waals surface area contributed by atoms with E-state index in [1.165, 1.54) is 0 Å². The van der Waals surface area contributed by atoms with Crippen LogP contribution >= 0.6 is 0 Å². The summed E-state index contributed by atoms with van der Waals surface area (Å²) < 4.78 is 11.0. The van der Waals surface area contributed by atoms with Gasteiger partial charge in [0.1, 0.15) is 6.61 Å². The van der Waals surface area contributed by atoms with Crippen molar-refractivity contribution < 1.29 is 19.1 Å². The van der Waals surface area contributed by atoms with Crippen molar-refractivity contribution in [1.82, 2.24) is 10.6 Å². The molecule has 0 spiro atoms. The fourth-order valence-electron chi connectivity index (χ4n) is 3.70. The van der Waals surface area contributed by atoms with E-state index in [0.29, 0.717) is 17.9 Å². The number of nitrogens with one attached hydrogen (secondary N) is 2. The highest BCUT2D eigenvalue weighted by molar-refractivity contribution is 5.95. The monoisotopic (exact) mass is 387 g/mol. The smallest absolute Gasteiger partial charge is 0.338 e. The van der Waals surface area contributed by atoms with E-state index in [-0.39, 0.29) is 18.7 Å². The Morgan fingerprint density at radius 1 is 1.25 bits per heavy atom. The molecule has 0 radical (unpaired) electrons. The first kappa shape index (κ1) is 20.2. The van der Waals surface area contributed by atoms with Crippen molar-refractivity contribution in [3.05, 3.63) is 41.1 Å². The minimum absolute atomic E-state index is 0.0391. The largest absolute Gasteiger partial charge is 0.459 e. The second-order valence-corrected chi connectivity index (χ2v) is 7.07. The summed E-state index contributed by atoms with van der Waals surface area (Å²) in [6.45, 7) is 8.72. The van der Waals surface area contributed by atoms with E-state index >= 15 is 0 Å². The molecule has 0 bridgehead atoms. The first-order valence-electron chi connectivity index (χ1n) is 9.95. The number of rotatable bonds is 7. The van der Waals surface area contributed by atoms with Crippen molar-refractivity contribution in [3.63, 3.8) is 0 Å². The van der Waals surface area contributed by atoms with Crippen molar-refractivity contribution >= 4 is 17.7 Å². The van der Waals surface area contributed by atoms with Gasteiger partial charge in [-0.15, -0.1) is 0 Å². The predicted octanol–water partition coefficient (Wildman–Crippen LogP) is 2.88. The number of carbonyl (C=O) groups is 2. The molecule has 2 amide bonds. The molecule has 1 aromatic rings. The fraction of sp³-hybridized carbons (Fsp3) is 0.524. The van der Waals surface area contributed by atoms with E-state index in [4.69, 9.17) is 9.47 Å². The second kappa shape index (κ2) is 9.10. The highest BCUT2D eigenvalue weighted by Gasteiger charge is 2.32. The Morgan fingerprint density at radius 2 is 1.96 bits per heavy atom. The molecular formula is C21H29N3O4. The number of amides is 2. The predicted molar refractivity (Wildman–Crippen MR) is 107 cm³/mol. The second-order valence-electron chi connectivity index (χ2n) is 7.07. The molecule has 2 atom stereocenters. The molecule has 7 heteroatoms. The van der Waals surface area contributed by atoms with Crippen LogP contribution in [0.2, 0.25) is 0 Å². The number of hydrogen-bond donors (Lipinski definition) is 2. The van der Waals surface area contributed by atoms with Crippen LogP contribution < -0.4 is 15.5 Å². The maximum absolute atomic E-state index is 12.8. The molecule has 0 unspecified atom stereocenters. The summed E-state index contributed by atoms with van der Waals surface area (Å²) in [5.41, 5.74) is 2.89.